The van der Waals surface area contributed by atoms with Gasteiger partial charge < -0.3 is 9.47 Å². The minimum atomic E-state index is -0.984. The molecule has 0 radical (unpaired) electrons. The fourth-order valence-electron chi connectivity index (χ4n) is 1.63. The summed E-state index contributed by atoms with van der Waals surface area (Å²) >= 11 is 0. The van der Waals surface area contributed by atoms with E-state index >= 15 is 0 Å². The number of azo groups is 1. The third-order valence-electron chi connectivity index (χ3n) is 2.61. The third-order valence-corrected chi connectivity index (χ3v) is 2.61. The molecule has 0 aliphatic carbocycles. The van der Waals surface area contributed by atoms with Crippen LogP contribution in [0.15, 0.2) is 64.8 Å². The molecule has 2 rings (SSSR count). The predicted octanol–water partition coefficient (Wildman–Crippen LogP) is 4.28. The second-order valence-electron chi connectivity index (χ2n) is 4.42. The number of carbonyl (C=O) groups excluding carboxylic acids is 2. The van der Waals surface area contributed by atoms with Crippen molar-refractivity contribution in [2.45, 2.75) is 13.5 Å². The van der Waals surface area contributed by atoms with Crippen molar-refractivity contribution in [1.82, 2.24) is 0 Å². The summed E-state index contributed by atoms with van der Waals surface area (Å²) in [5.74, 6) is 0.335. The largest absolute Gasteiger partial charge is 0.458 e. The fraction of sp³-hybridized carbons (Fsp3) is 0.125. The molecule has 0 saturated heterocycles. The molecule has 0 aromatic heterocycles. The Morgan fingerprint density at radius 2 is 1.68 bits per heavy atom. The van der Waals surface area contributed by atoms with Crippen LogP contribution in [0.1, 0.15) is 11.1 Å². The number of aryl methyl sites for hydroxylation is 1. The molecule has 0 aliphatic rings. The van der Waals surface area contributed by atoms with E-state index in [1.807, 2.05) is 31.2 Å². The first-order valence-electron chi connectivity index (χ1n) is 6.54. The Labute approximate surface area is 127 Å². The third kappa shape index (κ3) is 5.16. The lowest BCUT2D eigenvalue weighted by Gasteiger charge is -2.01. The Bertz CT molecular complexity index is 684. The number of hydrogen-bond donors (Lipinski definition) is 0. The average Bonchev–Trinajstić information content (AvgIpc) is 2.52. The summed E-state index contributed by atoms with van der Waals surface area (Å²) in [4.78, 5) is 22.7. The topological polar surface area (TPSA) is 77.3 Å². The van der Waals surface area contributed by atoms with Crippen LogP contribution in [-0.4, -0.2) is 12.2 Å². The summed E-state index contributed by atoms with van der Waals surface area (Å²) < 4.78 is 9.74. The van der Waals surface area contributed by atoms with Crippen molar-refractivity contribution in [2.75, 3.05) is 0 Å². The number of ether oxygens (including phenoxy) is 2. The number of nitrogens with zero attached hydrogens (tertiary/aromatic N) is 2. The van der Waals surface area contributed by atoms with Crippen molar-refractivity contribution >= 4 is 12.2 Å². The van der Waals surface area contributed by atoms with E-state index in [4.69, 9.17) is 9.47 Å². The van der Waals surface area contributed by atoms with Crippen LogP contribution in [0.25, 0.3) is 0 Å². The first kappa shape index (κ1) is 15.4. The van der Waals surface area contributed by atoms with Crippen LogP contribution in [0.3, 0.4) is 0 Å². The maximum Gasteiger partial charge on any atom is 0.458 e. The normalized spacial score (nSPS) is 10.4. The molecule has 0 atom stereocenters. The molecule has 6 nitrogen and oxygen atoms in total. The lowest BCUT2D eigenvalue weighted by atomic mass is 10.2. The molecular weight excluding hydrogens is 284 g/mol. The molecule has 2 aromatic carbocycles. The Morgan fingerprint density at radius 1 is 0.955 bits per heavy atom. The molecule has 22 heavy (non-hydrogen) atoms. The second kappa shape index (κ2) is 7.68. The van der Waals surface area contributed by atoms with E-state index in [1.165, 1.54) is 0 Å². The minimum absolute atomic E-state index is 0.0611. The Kier molecular flexibility index (Phi) is 5.37. The van der Waals surface area contributed by atoms with Crippen LogP contribution in [0.2, 0.25) is 0 Å². The number of carbonyl (C=O) groups is 2. The van der Waals surface area contributed by atoms with Crippen molar-refractivity contribution in [2.24, 2.45) is 10.2 Å². The minimum Gasteiger partial charge on any atom is -0.442 e. The number of hydrogen-bond acceptors (Lipinski definition) is 4. The highest BCUT2D eigenvalue weighted by Gasteiger charge is 2.06. The molecule has 2 amide bonds. The predicted molar refractivity (Wildman–Crippen MR) is 78.7 cm³/mol. The first-order valence-corrected chi connectivity index (χ1v) is 6.54. The van der Waals surface area contributed by atoms with E-state index in [0.717, 1.165) is 11.1 Å². The highest BCUT2D eigenvalue weighted by Crippen LogP contribution is 2.13. The molecule has 0 fully saturated rings. The molecular formula is C16H14N2O4. The Hall–Kier alpha value is -3.02. The molecule has 0 aliphatic heterocycles. The zero-order valence-electron chi connectivity index (χ0n) is 11.9. The van der Waals surface area contributed by atoms with E-state index in [0.29, 0.717) is 5.75 Å². The van der Waals surface area contributed by atoms with Gasteiger partial charge >= 0.3 is 12.2 Å². The summed E-state index contributed by atoms with van der Waals surface area (Å²) in [5, 5.41) is 6.30. The van der Waals surface area contributed by atoms with E-state index in [-0.39, 0.29) is 6.61 Å². The molecule has 0 unspecified atom stereocenters. The van der Waals surface area contributed by atoms with Gasteiger partial charge in [-0.1, -0.05) is 52.7 Å². The second-order valence-corrected chi connectivity index (χ2v) is 4.42. The Morgan fingerprint density at radius 3 is 2.41 bits per heavy atom. The monoisotopic (exact) mass is 298 g/mol. The smallest absolute Gasteiger partial charge is 0.442 e. The highest BCUT2D eigenvalue weighted by atomic mass is 16.6. The van der Waals surface area contributed by atoms with Gasteiger partial charge in [0.25, 0.3) is 0 Å². The SMILES string of the molecule is Cc1cccc(OC(=O)/N=N/C(=O)OCc2ccccc2)c1. The van der Waals surface area contributed by atoms with Gasteiger partial charge in [-0.3, -0.25) is 0 Å². The summed E-state index contributed by atoms with van der Waals surface area (Å²) in [6, 6.07) is 16.0. The first-order chi connectivity index (χ1) is 10.6. The van der Waals surface area contributed by atoms with Gasteiger partial charge in [-0.2, -0.15) is 0 Å². The van der Waals surface area contributed by atoms with E-state index in [2.05, 4.69) is 10.2 Å². The lowest BCUT2D eigenvalue weighted by molar-refractivity contribution is 0.148. The lowest BCUT2D eigenvalue weighted by Crippen LogP contribution is -2.04. The van der Waals surface area contributed by atoms with Crippen LogP contribution in [0, 0.1) is 6.92 Å². The molecule has 0 bridgehead atoms. The molecule has 0 spiro atoms. The van der Waals surface area contributed by atoms with Crippen LogP contribution in [0.4, 0.5) is 9.59 Å². The van der Waals surface area contributed by atoms with Gasteiger partial charge in [0.05, 0.1) is 0 Å². The quantitative estimate of drug-likeness (QED) is 0.792. The Balaban J connectivity index is 1.80. The summed E-state index contributed by atoms with van der Waals surface area (Å²) in [6.45, 7) is 1.92. The standard InChI is InChI=1S/C16H14N2O4/c1-12-6-5-9-14(10-12)22-16(20)18-17-15(19)21-11-13-7-3-2-4-8-13/h2-10H,11H2,1H3/b18-17+. The van der Waals surface area contributed by atoms with Gasteiger partial charge in [-0.15, -0.1) is 0 Å². The molecule has 0 heterocycles. The summed E-state index contributed by atoms with van der Waals surface area (Å²) in [7, 11) is 0. The van der Waals surface area contributed by atoms with Crippen LogP contribution < -0.4 is 4.74 Å². The van der Waals surface area contributed by atoms with Crippen LogP contribution >= 0.6 is 0 Å². The van der Waals surface area contributed by atoms with Crippen molar-refractivity contribution in [3.8, 4) is 5.75 Å². The van der Waals surface area contributed by atoms with Crippen LogP contribution in [-0.2, 0) is 11.3 Å². The summed E-state index contributed by atoms with van der Waals surface area (Å²) in [6.07, 6.45) is -1.94. The molecule has 0 N–H and O–H groups in total. The van der Waals surface area contributed by atoms with E-state index < -0.39 is 12.2 Å². The van der Waals surface area contributed by atoms with Gasteiger partial charge in [-0.25, -0.2) is 9.59 Å². The highest BCUT2D eigenvalue weighted by molar-refractivity contribution is 5.74. The van der Waals surface area contributed by atoms with Gasteiger partial charge in [0, 0.05) is 0 Å². The summed E-state index contributed by atoms with van der Waals surface area (Å²) in [5.41, 5.74) is 1.75. The van der Waals surface area contributed by atoms with E-state index in [1.54, 1.807) is 30.3 Å². The van der Waals surface area contributed by atoms with Gasteiger partial charge in [-0.05, 0) is 30.2 Å². The molecule has 6 heteroatoms. The molecule has 2 aromatic rings. The number of rotatable bonds is 3. The fourth-order valence-corrected chi connectivity index (χ4v) is 1.63. The average molecular weight is 298 g/mol. The molecule has 0 saturated carbocycles. The van der Waals surface area contributed by atoms with Gasteiger partial charge in [0.2, 0.25) is 0 Å². The maximum absolute atomic E-state index is 11.4. The zero-order chi connectivity index (χ0) is 15.8. The number of amides is 2. The van der Waals surface area contributed by atoms with E-state index in [9.17, 15) is 9.59 Å². The van der Waals surface area contributed by atoms with Crippen molar-refractivity contribution in [1.29, 1.82) is 0 Å². The van der Waals surface area contributed by atoms with Gasteiger partial charge in [0.1, 0.15) is 12.4 Å². The zero-order valence-corrected chi connectivity index (χ0v) is 11.9. The van der Waals surface area contributed by atoms with Crippen LogP contribution in [0.5, 0.6) is 5.75 Å². The molecule has 112 valence electrons. The van der Waals surface area contributed by atoms with Crippen molar-refractivity contribution in [3.05, 3.63) is 65.7 Å². The maximum atomic E-state index is 11.4. The van der Waals surface area contributed by atoms with Crippen molar-refractivity contribution < 1.29 is 19.1 Å². The number of benzene rings is 2. The van der Waals surface area contributed by atoms with Gasteiger partial charge in [0.15, 0.2) is 0 Å². The van der Waals surface area contributed by atoms with Crippen molar-refractivity contribution in [3.63, 3.8) is 0 Å².